The Bertz CT molecular complexity index is 1450. The number of fused-ring (bicyclic) bond motifs is 1. The summed E-state index contributed by atoms with van der Waals surface area (Å²) in [5.41, 5.74) is 10.7. The van der Waals surface area contributed by atoms with Gasteiger partial charge in [-0.2, -0.15) is 5.10 Å². The number of imidazole rings is 1. The van der Waals surface area contributed by atoms with Crippen molar-refractivity contribution in [3.63, 3.8) is 0 Å². The lowest BCUT2D eigenvalue weighted by atomic mass is 10.1. The number of benzene rings is 2. The Morgan fingerprint density at radius 3 is 2.61 bits per heavy atom. The minimum atomic E-state index is -0.466. The van der Waals surface area contributed by atoms with Crippen molar-refractivity contribution >= 4 is 28.3 Å². The predicted octanol–water partition coefficient (Wildman–Crippen LogP) is 3.93. The van der Waals surface area contributed by atoms with E-state index in [0.29, 0.717) is 17.9 Å². The topological polar surface area (TPSA) is 101 Å². The first-order valence-corrected chi connectivity index (χ1v) is 11.3. The molecule has 0 aliphatic carbocycles. The molecule has 3 heterocycles. The van der Waals surface area contributed by atoms with Gasteiger partial charge in [0.1, 0.15) is 18.2 Å². The van der Waals surface area contributed by atoms with Crippen molar-refractivity contribution < 1.29 is 9.53 Å². The summed E-state index contributed by atoms with van der Waals surface area (Å²) in [7, 11) is 1.91. The Morgan fingerprint density at radius 2 is 1.94 bits per heavy atom. The third kappa shape index (κ3) is 4.35. The second kappa shape index (κ2) is 8.51. The normalized spacial score (nSPS) is 11.2. The molecule has 0 spiro atoms. The van der Waals surface area contributed by atoms with Crippen LogP contribution in [0, 0.1) is 6.92 Å². The second-order valence-electron chi connectivity index (χ2n) is 7.76. The summed E-state index contributed by atoms with van der Waals surface area (Å²) in [5.74, 6) is 0.962. The molecule has 33 heavy (non-hydrogen) atoms. The maximum absolute atomic E-state index is 11.3. The zero-order valence-corrected chi connectivity index (χ0v) is 19.0. The molecular formula is C24H22N6O2S. The highest BCUT2D eigenvalue weighted by atomic mass is 32.1. The van der Waals surface area contributed by atoms with E-state index in [1.807, 2.05) is 32.4 Å². The van der Waals surface area contributed by atoms with Gasteiger partial charge in [0.2, 0.25) is 5.91 Å². The van der Waals surface area contributed by atoms with Gasteiger partial charge in [0.05, 0.1) is 34.5 Å². The number of aromatic nitrogens is 5. The van der Waals surface area contributed by atoms with Crippen LogP contribution in [0.5, 0.6) is 5.75 Å². The van der Waals surface area contributed by atoms with Crippen LogP contribution in [0.25, 0.3) is 22.2 Å². The molecule has 0 aliphatic heterocycles. The van der Waals surface area contributed by atoms with Gasteiger partial charge in [-0.05, 0) is 48.9 Å². The van der Waals surface area contributed by atoms with Crippen LogP contribution in [-0.2, 0) is 20.2 Å². The third-order valence-corrected chi connectivity index (χ3v) is 6.18. The van der Waals surface area contributed by atoms with Crippen molar-refractivity contribution in [2.75, 3.05) is 0 Å². The lowest BCUT2D eigenvalue weighted by Crippen LogP contribution is -2.11. The van der Waals surface area contributed by atoms with Crippen LogP contribution < -0.4 is 10.5 Å². The van der Waals surface area contributed by atoms with Crippen LogP contribution in [0.2, 0.25) is 0 Å². The fourth-order valence-corrected chi connectivity index (χ4v) is 4.32. The molecule has 2 aromatic carbocycles. The van der Waals surface area contributed by atoms with Crippen LogP contribution >= 0.6 is 11.3 Å². The van der Waals surface area contributed by atoms with E-state index in [9.17, 15) is 4.79 Å². The van der Waals surface area contributed by atoms with Crippen LogP contribution in [0.3, 0.4) is 0 Å². The molecule has 0 bridgehead atoms. The number of thiazole rings is 1. The number of carbonyl (C=O) groups excluding carboxylic acids is 1. The van der Waals surface area contributed by atoms with Gasteiger partial charge in [-0.1, -0.05) is 6.07 Å². The molecule has 9 heteroatoms. The van der Waals surface area contributed by atoms with Crippen molar-refractivity contribution in [2.45, 2.75) is 20.1 Å². The van der Waals surface area contributed by atoms with E-state index in [1.165, 1.54) is 0 Å². The standard InChI is InChI=1S/C24H22N6O2S/c1-15-27-19(14-33-15)12-30-22-9-17(18-10-26-29(2)11-18)5-8-21(22)28-23(30)13-32-20-6-3-16(4-7-20)24(25)31/h3-11,14H,12-13H2,1-2H3,(H2,25,31). The van der Waals surface area contributed by atoms with Crippen molar-refractivity contribution in [1.29, 1.82) is 0 Å². The minimum Gasteiger partial charge on any atom is -0.486 e. The zero-order chi connectivity index (χ0) is 22.9. The van der Waals surface area contributed by atoms with Crippen molar-refractivity contribution in [3.05, 3.63) is 82.3 Å². The first-order chi connectivity index (χ1) is 16.0. The number of nitrogens with zero attached hydrogens (tertiary/aromatic N) is 5. The SMILES string of the molecule is Cc1nc(Cn2c(COc3ccc(C(N)=O)cc3)nc3ccc(-c4cnn(C)c4)cc32)cs1. The number of ether oxygens (including phenoxy) is 1. The molecule has 0 radical (unpaired) electrons. The quantitative estimate of drug-likeness (QED) is 0.398. The van der Waals surface area contributed by atoms with Crippen molar-refractivity contribution in [1.82, 2.24) is 24.3 Å². The molecule has 1 amide bonds. The van der Waals surface area contributed by atoms with Gasteiger partial charge < -0.3 is 15.0 Å². The number of carbonyl (C=O) groups is 1. The van der Waals surface area contributed by atoms with E-state index in [0.717, 1.165) is 38.7 Å². The minimum absolute atomic E-state index is 0.274. The maximum atomic E-state index is 11.3. The Balaban J connectivity index is 1.50. The molecule has 5 aromatic rings. The van der Waals surface area contributed by atoms with Crippen LogP contribution in [-0.4, -0.2) is 30.2 Å². The summed E-state index contributed by atoms with van der Waals surface area (Å²) in [6, 6.07) is 13.0. The molecule has 0 saturated carbocycles. The van der Waals surface area contributed by atoms with Gasteiger partial charge in [-0.15, -0.1) is 11.3 Å². The Kier molecular flexibility index (Phi) is 5.39. The average Bonchev–Trinajstić information content (AvgIpc) is 3.51. The molecule has 3 aromatic heterocycles. The molecule has 8 nitrogen and oxygen atoms in total. The Hall–Kier alpha value is -3.98. The van der Waals surface area contributed by atoms with Crippen LogP contribution in [0.15, 0.2) is 60.2 Å². The number of rotatable bonds is 7. The molecule has 2 N–H and O–H groups in total. The summed E-state index contributed by atoms with van der Waals surface area (Å²) in [6.45, 7) is 2.87. The van der Waals surface area contributed by atoms with E-state index in [4.69, 9.17) is 15.5 Å². The number of amides is 1. The van der Waals surface area contributed by atoms with Gasteiger partial charge >= 0.3 is 0 Å². The largest absolute Gasteiger partial charge is 0.486 e. The smallest absolute Gasteiger partial charge is 0.248 e. The first kappa shape index (κ1) is 20.9. The third-order valence-electron chi connectivity index (χ3n) is 5.36. The lowest BCUT2D eigenvalue weighted by molar-refractivity contribution is 0.1000. The Morgan fingerprint density at radius 1 is 1.12 bits per heavy atom. The van der Waals surface area contributed by atoms with Crippen molar-refractivity contribution in [3.8, 4) is 16.9 Å². The zero-order valence-electron chi connectivity index (χ0n) is 18.2. The molecule has 0 saturated heterocycles. The highest BCUT2D eigenvalue weighted by molar-refractivity contribution is 7.09. The van der Waals surface area contributed by atoms with Crippen molar-refractivity contribution in [2.24, 2.45) is 12.8 Å². The summed E-state index contributed by atoms with van der Waals surface area (Å²) >= 11 is 1.63. The molecule has 166 valence electrons. The van der Waals surface area contributed by atoms with E-state index in [2.05, 4.69) is 32.2 Å². The van der Waals surface area contributed by atoms with E-state index >= 15 is 0 Å². The molecule has 0 fully saturated rings. The van der Waals surface area contributed by atoms with Gasteiger partial charge in [0.15, 0.2) is 0 Å². The number of primary amides is 1. The summed E-state index contributed by atoms with van der Waals surface area (Å²) in [5, 5.41) is 7.38. The number of hydrogen-bond donors (Lipinski definition) is 1. The van der Waals surface area contributed by atoms with E-state index in [1.54, 1.807) is 40.3 Å². The van der Waals surface area contributed by atoms with Gasteiger partial charge in [0, 0.05) is 29.8 Å². The molecule has 5 rings (SSSR count). The number of aryl methyl sites for hydroxylation is 2. The predicted molar refractivity (Wildman–Crippen MR) is 127 cm³/mol. The van der Waals surface area contributed by atoms with Gasteiger partial charge in [-0.25, -0.2) is 9.97 Å². The van der Waals surface area contributed by atoms with E-state index in [-0.39, 0.29) is 6.61 Å². The number of nitrogens with two attached hydrogens (primary N) is 1. The molecule has 0 unspecified atom stereocenters. The van der Waals surface area contributed by atoms with Crippen LogP contribution in [0.1, 0.15) is 26.9 Å². The Labute approximate surface area is 194 Å². The fraction of sp³-hybridized carbons (Fsp3) is 0.167. The highest BCUT2D eigenvalue weighted by Gasteiger charge is 2.15. The van der Waals surface area contributed by atoms with Gasteiger partial charge in [0.25, 0.3) is 0 Å². The highest BCUT2D eigenvalue weighted by Crippen LogP contribution is 2.26. The fourth-order valence-electron chi connectivity index (χ4n) is 3.72. The second-order valence-corrected chi connectivity index (χ2v) is 8.82. The molecule has 0 aliphatic rings. The molecular weight excluding hydrogens is 436 g/mol. The van der Waals surface area contributed by atoms with Crippen LogP contribution in [0.4, 0.5) is 0 Å². The van der Waals surface area contributed by atoms with Gasteiger partial charge in [-0.3, -0.25) is 9.48 Å². The maximum Gasteiger partial charge on any atom is 0.248 e. The number of hydrogen-bond acceptors (Lipinski definition) is 6. The first-order valence-electron chi connectivity index (χ1n) is 10.4. The molecule has 0 atom stereocenters. The summed E-state index contributed by atoms with van der Waals surface area (Å²) in [4.78, 5) is 20.8. The monoisotopic (exact) mass is 458 g/mol. The summed E-state index contributed by atoms with van der Waals surface area (Å²) in [6.07, 6.45) is 3.84. The van der Waals surface area contributed by atoms with E-state index < -0.39 is 5.91 Å². The average molecular weight is 459 g/mol. The summed E-state index contributed by atoms with van der Waals surface area (Å²) < 4.78 is 9.92. The lowest BCUT2D eigenvalue weighted by Gasteiger charge is -2.10.